The molecular formula is C16H12BrF3N2O. The fourth-order valence-electron chi connectivity index (χ4n) is 1.78. The molecule has 0 unspecified atom stereocenters. The van der Waals surface area contributed by atoms with Crippen molar-refractivity contribution in [3.05, 3.63) is 69.7 Å². The molecule has 0 spiro atoms. The molecule has 3 nitrogen and oxygen atoms in total. The van der Waals surface area contributed by atoms with Crippen molar-refractivity contribution in [1.82, 2.24) is 5.43 Å². The quantitative estimate of drug-likeness (QED) is 0.616. The van der Waals surface area contributed by atoms with Crippen LogP contribution in [0.4, 0.5) is 13.2 Å². The Balaban J connectivity index is 2.26. The van der Waals surface area contributed by atoms with Gasteiger partial charge < -0.3 is 0 Å². The van der Waals surface area contributed by atoms with Gasteiger partial charge in [0.25, 0.3) is 5.91 Å². The van der Waals surface area contributed by atoms with E-state index in [4.69, 9.17) is 0 Å². The number of nitrogens with zero attached hydrogens (tertiary/aromatic N) is 1. The van der Waals surface area contributed by atoms with Gasteiger partial charge in [-0.05, 0) is 31.2 Å². The molecule has 23 heavy (non-hydrogen) atoms. The van der Waals surface area contributed by atoms with Crippen molar-refractivity contribution < 1.29 is 18.0 Å². The molecule has 0 atom stereocenters. The predicted octanol–water partition coefficient (Wildman–Crippen LogP) is 4.45. The number of alkyl halides is 3. The molecule has 0 radical (unpaired) electrons. The summed E-state index contributed by atoms with van der Waals surface area (Å²) in [4.78, 5) is 11.9. The van der Waals surface area contributed by atoms with Crippen LogP contribution in [0.2, 0.25) is 0 Å². The van der Waals surface area contributed by atoms with E-state index in [1.165, 1.54) is 24.3 Å². The molecule has 120 valence electrons. The molecule has 0 aliphatic carbocycles. The van der Waals surface area contributed by atoms with Crippen LogP contribution < -0.4 is 5.43 Å². The molecule has 1 N–H and O–H groups in total. The van der Waals surface area contributed by atoms with Gasteiger partial charge >= 0.3 is 6.18 Å². The first kappa shape index (κ1) is 17.2. The third-order valence-corrected chi connectivity index (χ3v) is 3.50. The number of rotatable bonds is 3. The van der Waals surface area contributed by atoms with E-state index in [0.29, 0.717) is 0 Å². The lowest BCUT2D eigenvalue weighted by atomic mass is 10.1. The summed E-state index contributed by atoms with van der Waals surface area (Å²) in [5.41, 5.74) is 1.73. The molecule has 0 fully saturated rings. The molecule has 0 saturated carbocycles. The largest absolute Gasteiger partial charge is 0.435 e. The number of benzene rings is 2. The van der Waals surface area contributed by atoms with Crippen LogP contribution in [0.25, 0.3) is 0 Å². The molecule has 7 heteroatoms. The van der Waals surface area contributed by atoms with E-state index in [-0.39, 0.29) is 11.1 Å². The number of amides is 1. The predicted molar refractivity (Wildman–Crippen MR) is 85.4 cm³/mol. The van der Waals surface area contributed by atoms with E-state index in [1.807, 2.05) is 5.43 Å². The van der Waals surface area contributed by atoms with Gasteiger partial charge in [0.15, 0.2) is 5.71 Å². The topological polar surface area (TPSA) is 41.5 Å². The van der Waals surface area contributed by atoms with Crippen LogP contribution in [-0.2, 0) is 0 Å². The van der Waals surface area contributed by atoms with E-state index in [1.54, 1.807) is 31.2 Å². The highest BCUT2D eigenvalue weighted by molar-refractivity contribution is 9.10. The number of carbonyl (C=O) groups is 1. The van der Waals surface area contributed by atoms with Gasteiger partial charge in [-0.15, -0.1) is 0 Å². The van der Waals surface area contributed by atoms with Crippen molar-refractivity contribution in [2.24, 2.45) is 5.10 Å². The highest BCUT2D eigenvalue weighted by Gasteiger charge is 2.37. The monoisotopic (exact) mass is 384 g/mol. The number of nitrogens with one attached hydrogen (secondary N) is 1. The molecule has 0 aliphatic rings. The molecule has 0 aromatic heterocycles. The summed E-state index contributed by atoms with van der Waals surface area (Å²) >= 11 is 3.21. The van der Waals surface area contributed by atoms with Crippen LogP contribution in [0.1, 0.15) is 21.5 Å². The van der Waals surface area contributed by atoms with Crippen LogP contribution in [0.5, 0.6) is 0 Å². The van der Waals surface area contributed by atoms with Gasteiger partial charge in [-0.2, -0.15) is 18.3 Å². The maximum Gasteiger partial charge on any atom is 0.435 e. The van der Waals surface area contributed by atoms with Gasteiger partial charge in [-0.1, -0.05) is 45.8 Å². The fraction of sp³-hybridized carbons (Fsp3) is 0.125. The Hall–Kier alpha value is -2.15. The first-order valence-corrected chi connectivity index (χ1v) is 7.34. The normalized spacial score (nSPS) is 12.1. The van der Waals surface area contributed by atoms with E-state index in [9.17, 15) is 18.0 Å². The Bertz CT molecular complexity index is 722. The SMILES string of the molecule is Cc1ccc(C(=NNC(=O)c2ccc(Br)cc2)C(F)(F)F)cc1. The Morgan fingerprint density at radius 2 is 1.52 bits per heavy atom. The average molecular weight is 385 g/mol. The number of hydrogen-bond donors (Lipinski definition) is 1. The zero-order valence-electron chi connectivity index (χ0n) is 12.0. The molecule has 2 aromatic rings. The number of aryl methyl sites for hydroxylation is 1. The minimum atomic E-state index is -4.68. The van der Waals surface area contributed by atoms with Crippen molar-refractivity contribution in [2.75, 3.05) is 0 Å². The summed E-state index contributed by atoms with van der Waals surface area (Å²) < 4.78 is 40.1. The van der Waals surface area contributed by atoms with Crippen molar-refractivity contribution in [3.63, 3.8) is 0 Å². The molecule has 0 aliphatic heterocycles. The van der Waals surface area contributed by atoms with Crippen LogP contribution in [0, 0.1) is 6.92 Å². The van der Waals surface area contributed by atoms with E-state index in [0.717, 1.165) is 10.0 Å². The zero-order valence-corrected chi connectivity index (χ0v) is 13.6. The third-order valence-electron chi connectivity index (χ3n) is 2.97. The Morgan fingerprint density at radius 1 is 1.00 bits per heavy atom. The Morgan fingerprint density at radius 3 is 2.04 bits per heavy atom. The molecular weight excluding hydrogens is 373 g/mol. The van der Waals surface area contributed by atoms with E-state index < -0.39 is 17.8 Å². The Kier molecular flexibility index (Phi) is 5.20. The second-order valence-corrected chi connectivity index (χ2v) is 5.69. The standard InChI is InChI=1S/C16H12BrF3N2O/c1-10-2-4-11(5-3-10)14(16(18,19)20)21-22-15(23)12-6-8-13(17)9-7-12/h2-9H,1H3,(H,22,23). The smallest absolute Gasteiger partial charge is 0.267 e. The summed E-state index contributed by atoms with van der Waals surface area (Å²) in [6.45, 7) is 1.77. The van der Waals surface area contributed by atoms with Gasteiger partial charge in [0.1, 0.15) is 0 Å². The Labute approximate surface area is 139 Å². The lowest BCUT2D eigenvalue weighted by molar-refractivity contribution is -0.0583. The second kappa shape index (κ2) is 6.95. The van der Waals surface area contributed by atoms with Crippen LogP contribution in [0.3, 0.4) is 0 Å². The van der Waals surface area contributed by atoms with E-state index in [2.05, 4.69) is 21.0 Å². The molecule has 0 saturated heterocycles. The minimum Gasteiger partial charge on any atom is -0.267 e. The molecule has 0 bridgehead atoms. The summed E-state index contributed by atoms with van der Waals surface area (Å²) in [7, 11) is 0. The number of hydrogen-bond acceptors (Lipinski definition) is 2. The first-order chi connectivity index (χ1) is 10.8. The maximum atomic E-state index is 13.1. The summed E-state index contributed by atoms with van der Waals surface area (Å²) in [5, 5.41) is 3.27. The highest BCUT2D eigenvalue weighted by atomic mass is 79.9. The number of carbonyl (C=O) groups excluding carboxylic acids is 1. The summed E-state index contributed by atoms with van der Waals surface area (Å²) in [6, 6.07) is 11.9. The van der Waals surface area contributed by atoms with Crippen LogP contribution >= 0.6 is 15.9 Å². The van der Waals surface area contributed by atoms with Gasteiger partial charge in [-0.25, -0.2) is 5.43 Å². The number of hydrazone groups is 1. The fourth-order valence-corrected chi connectivity index (χ4v) is 2.04. The molecule has 2 aromatic carbocycles. The van der Waals surface area contributed by atoms with Gasteiger partial charge in [0.05, 0.1) is 0 Å². The first-order valence-electron chi connectivity index (χ1n) is 6.55. The van der Waals surface area contributed by atoms with E-state index >= 15 is 0 Å². The maximum absolute atomic E-state index is 13.1. The third kappa shape index (κ3) is 4.66. The van der Waals surface area contributed by atoms with Crippen molar-refractivity contribution in [2.45, 2.75) is 13.1 Å². The minimum absolute atomic E-state index is 0.112. The van der Waals surface area contributed by atoms with Gasteiger partial charge in [0.2, 0.25) is 0 Å². The highest BCUT2D eigenvalue weighted by Crippen LogP contribution is 2.22. The van der Waals surface area contributed by atoms with Crippen molar-refractivity contribution in [1.29, 1.82) is 0 Å². The molecule has 1 amide bonds. The zero-order chi connectivity index (χ0) is 17.0. The van der Waals surface area contributed by atoms with Crippen molar-refractivity contribution in [3.8, 4) is 0 Å². The second-order valence-electron chi connectivity index (χ2n) is 4.77. The lowest BCUT2D eigenvalue weighted by Gasteiger charge is -2.11. The number of halogens is 4. The average Bonchev–Trinajstić information content (AvgIpc) is 2.48. The summed E-state index contributed by atoms with van der Waals surface area (Å²) in [5.74, 6) is -0.716. The van der Waals surface area contributed by atoms with Crippen molar-refractivity contribution >= 4 is 27.5 Å². The molecule has 2 rings (SSSR count). The van der Waals surface area contributed by atoms with Gasteiger partial charge in [-0.3, -0.25) is 4.79 Å². The van der Waals surface area contributed by atoms with Gasteiger partial charge in [0, 0.05) is 15.6 Å². The molecule has 0 heterocycles. The van der Waals surface area contributed by atoms with Crippen LogP contribution in [0.15, 0.2) is 58.1 Å². The van der Waals surface area contributed by atoms with Crippen LogP contribution in [-0.4, -0.2) is 17.8 Å². The lowest BCUT2D eigenvalue weighted by Crippen LogP contribution is -2.29. The summed E-state index contributed by atoms with van der Waals surface area (Å²) in [6.07, 6.45) is -4.68.